The van der Waals surface area contributed by atoms with Crippen molar-refractivity contribution in [2.75, 3.05) is 20.8 Å². The molecule has 2 aromatic rings. The van der Waals surface area contributed by atoms with Crippen molar-refractivity contribution in [2.24, 2.45) is 5.16 Å². The number of halogens is 1. The number of rotatable bonds is 8. The highest BCUT2D eigenvalue weighted by atomic mass is 79.9. The molecule has 5 nitrogen and oxygen atoms in total. The van der Waals surface area contributed by atoms with Gasteiger partial charge < -0.3 is 19.0 Å². The zero-order valence-corrected chi connectivity index (χ0v) is 15.5. The lowest BCUT2D eigenvalue weighted by Gasteiger charge is -2.11. The number of methoxy groups -OCH3 is 2. The molecule has 0 N–H and O–H groups in total. The van der Waals surface area contributed by atoms with Gasteiger partial charge in [0.2, 0.25) is 0 Å². The van der Waals surface area contributed by atoms with Crippen molar-refractivity contribution in [3.8, 4) is 17.2 Å². The van der Waals surface area contributed by atoms with Crippen LogP contribution in [0.1, 0.15) is 18.1 Å². The highest BCUT2D eigenvalue weighted by Crippen LogP contribution is 2.33. The summed E-state index contributed by atoms with van der Waals surface area (Å²) in [5, 5.41) is 3.99. The second-order valence-corrected chi connectivity index (χ2v) is 5.66. The smallest absolute Gasteiger partial charge is 0.161 e. The van der Waals surface area contributed by atoms with Crippen molar-refractivity contribution in [1.29, 1.82) is 0 Å². The Morgan fingerprint density at radius 2 is 1.71 bits per heavy atom. The Bertz CT molecular complexity index is 686. The van der Waals surface area contributed by atoms with Gasteiger partial charge in [-0.25, -0.2) is 0 Å². The quantitative estimate of drug-likeness (QED) is 0.492. The molecule has 6 heteroatoms. The summed E-state index contributed by atoms with van der Waals surface area (Å²) in [6.45, 7) is 2.92. The lowest BCUT2D eigenvalue weighted by molar-refractivity contribution is 0.131. The molecular formula is C18H20BrNO4. The van der Waals surface area contributed by atoms with Crippen LogP contribution < -0.4 is 14.2 Å². The summed E-state index contributed by atoms with van der Waals surface area (Å²) in [6.07, 6.45) is 1.66. The van der Waals surface area contributed by atoms with Gasteiger partial charge in [0, 0.05) is 10.0 Å². The van der Waals surface area contributed by atoms with Crippen molar-refractivity contribution in [3.05, 3.63) is 52.0 Å². The van der Waals surface area contributed by atoms with E-state index >= 15 is 0 Å². The van der Waals surface area contributed by atoms with Crippen molar-refractivity contribution in [1.82, 2.24) is 0 Å². The molecule has 0 aliphatic rings. The lowest BCUT2D eigenvalue weighted by Crippen LogP contribution is -1.95. The van der Waals surface area contributed by atoms with Crippen LogP contribution in [-0.4, -0.2) is 27.0 Å². The molecule has 0 radical (unpaired) electrons. The van der Waals surface area contributed by atoms with E-state index in [4.69, 9.17) is 19.0 Å². The highest BCUT2D eigenvalue weighted by molar-refractivity contribution is 9.10. The number of nitrogens with zero attached hydrogens (tertiary/aromatic N) is 1. The molecule has 0 bridgehead atoms. The summed E-state index contributed by atoms with van der Waals surface area (Å²) in [6, 6.07) is 11.3. The second-order valence-electron chi connectivity index (χ2n) is 4.81. The van der Waals surface area contributed by atoms with Crippen LogP contribution in [-0.2, 0) is 11.4 Å². The molecule has 0 saturated carbocycles. The predicted octanol–water partition coefficient (Wildman–Crippen LogP) is 4.42. The van der Waals surface area contributed by atoms with Gasteiger partial charge in [-0.15, -0.1) is 0 Å². The first kappa shape index (κ1) is 18.1. The maximum atomic E-state index is 5.40. The number of hydrogen-bond donors (Lipinski definition) is 0. The van der Waals surface area contributed by atoms with Crippen molar-refractivity contribution >= 4 is 22.1 Å². The van der Waals surface area contributed by atoms with E-state index in [0.717, 1.165) is 21.3 Å². The van der Waals surface area contributed by atoms with Crippen LogP contribution in [0.15, 0.2) is 46.0 Å². The molecule has 128 valence electrons. The van der Waals surface area contributed by atoms with E-state index in [0.29, 0.717) is 24.7 Å². The van der Waals surface area contributed by atoms with Crippen LogP contribution in [0.5, 0.6) is 17.2 Å². The van der Waals surface area contributed by atoms with Crippen molar-refractivity contribution < 1.29 is 19.0 Å². The summed E-state index contributed by atoms with van der Waals surface area (Å²) in [4.78, 5) is 5.37. The minimum absolute atomic E-state index is 0.314. The molecule has 0 atom stereocenters. The van der Waals surface area contributed by atoms with Gasteiger partial charge in [0.15, 0.2) is 11.5 Å². The van der Waals surface area contributed by atoms with Gasteiger partial charge in [-0.05, 0) is 48.9 Å². The van der Waals surface area contributed by atoms with Crippen molar-refractivity contribution in [3.63, 3.8) is 0 Å². The number of oxime groups is 1. The maximum Gasteiger partial charge on any atom is 0.161 e. The third-order valence-electron chi connectivity index (χ3n) is 3.24. The van der Waals surface area contributed by atoms with Crippen LogP contribution in [0.2, 0.25) is 0 Å². The highest BCUT2D eigenvalue weighted by Gasteiger charge is 2.09. The number of hydrogen-bond acceptors (Lipinski definition) is 5. The average molecular weight is 394 g/mol. The lowest BCUT2D eigenvalue weighted by atomic mass is 10.2. The third kappa shape index (κ3) is 4.89. The van der Waals surface area contributed by atoms with E-state index < -0.39 is 0 Å². The van der Waals surface area contributed by atoms with Crippen LogP contribution in [0.4, 0.5) is 0 Å². The van der Waals surface area contributed by atoms with Gasteiger partial charge in [0.25, 0.3) is 0 Å². The Labute approximate surface area is 150 Å². The summed E-state index contributed by atoms with van der Waals surface area (Å²) in [5.74, 6) is 2.14. The SMILES string of the molecule is CCOc1ccc(/C=N\OCc2cc(OC)c(OC)cc2Br)cc1. The molecule has 24 heavy (non-hydrogen) atoms. The van der Waals surface area contributed by atoms with Gasteiger partial charge in [-0.2, -0.15) is 0 Å². The largest absolute Gasteiger partial charge is 0.494 e. The van der Waals surface area contributed by atoms with Gasteiger partial charge >= 0.3 is 0 Å². The Morgan fingerprint density at radius 3 is 2.33 bits per heavy atom. The van der Waals surface area contributed by atoms with Crippen LogP contribution in [0, 0.1) is 0 Å². The van der Waals surface area contributed by atoms with Crippen LogP contribution >= 0.6 is 15.9 Å². The average Bonchev–Trinajstić information content (AvgIpc) is 2.61. The summed E-state index contributed by atoms with van der Waals surface area (Å²) >= 11 is 3.49. The predicted molar refractivity (Wildman–Crippen MR) is 97.2 cm³/mol. The maximum absolute atomic E-state index is 5.40. The molecular weight excluding hydrogens is 374 g/mol. The first-order chi connectivity index (χ1) is 11.7. The zero-order chi connectivity index (χ0) is 17.4. The fourth-order valence-electron chi connectivity index (χ4n) is 2.03. The third-order valence-corrected chi connectivity index (χ3v) is 3.98. The summed E-state index contributed by atoms with van der Waals surface area (Å²) in [5.41, 5.74) is 1.85. The molecule has 0 aliphatic carbocycles. The number of ether oxygens (including phenoxy) is 3. The van der Waals surface area contributed by atoms with E-state index in [1.165, 1.54) is 0 Å². The standard InChI is InChI=1S/C18H20BrNO4/c1-4-23-15-7-5-13(6-8-15)11-20-24-12-14-9-17(21-2)18(22-3)10-16(14)19/h5-11H,4,12H2,1-3H3/b20-11-. The second kappa shape index (κ2) is 9.17. The minimum atomic E-state index is 0.314. The molecule has 0 amide bonds. The van der Waals surface area contributed by atoms with Crippen molar-refractivity contribution in [2.45, 2.75) is 13.5 Å². The Kier molecular flexibility index (Phi) is 6.93. The topological polar surface area (TPSA) is 49.3 Å². The molecule has 2 aromatic carbocycles. The van der Waals surface area contributed by atoms with E-state index in [2.05, 4.69) is 21.1 Å². The summed E-state index contributed by atoms with van der Waals surface area (Å²) in [7, 11) is 3.20. The zero-order valence-electron chi connectivity index (χ0n) is 13.9. The number of benzene rings is 2. The van der Waals surface area contributed by atoms with E-state index in [-0.39, 0.29) is 0 Å². The van der Waals surface area contributed by atoms with Crippen LogP contribution in [0.25, 0.3) is 0 Å². The fraction of sp³-hybridized carbons (Fsp3) is 0.278. The summed E-state index contributed by atoms with van der Waals surface area (Å²) < 4.78 is 16.8. The van der Waals surface area contributed by atoms with E-state index in [1.54, 1.807) is 20.4 Å². The molecule has 0 heterocycles. The molecule has 0 aliphatic heterocycles. The molecule has 0 fully saturated rings. The Balaban J connectivity index is 1.96. The van der Waals surface area contributed by atoms with Crippen LogP contribution in [0.3, 0.4) is 0 Å². The van der Waals surface area contributed by atoms with E-state index in [9.17, 15) is 0 Å². The minimum Gasteiger partial charge on any atom is -0.494 e. The first-order valence-electron chi connectivity index (χ1n) is 7.46. The first-order valence-corrected chi connectivity index (χ1v) is 8.25. The Hall–Kier alpha value is -2.21. The monoisotopic (exact) mass is 393 g/mol. The normalized spacial score (nSPS) is 10.7. The molecule has 0 unspecified atom stereocenters. The Morgan fingerprint density at radius 1 is 1.04 bits per heavy atom. The van der Waals surface area contributed by atoms with Gasteiger partial charge in [-0.1, -0.05) is 21.1 Å². The van der Waals surface area contributed by atoms with Gasteiger partial charge in [-0.3, -0.25) is 0 Å². The van der Waals surface area contributed by atoms with Gasteiger partial charge in [0.1, 0.15) is 12.4 Å². The molecule has 2 rings (SSSR count). The van der Waals surface area contributed by atoms with E-state index in [1.807, 2.05) is 43.3 Å². The molecule has 0 saturated heterocycles. The molecule has 0 aromatic heterocycles. The van der Waals surface area contributed by atoms with Gasteiger partial charge in [0.05, 0.1) is 27.0 Å². The molecule has 0 spiro atoms. The fourth-order valence-corrected chi connectivity index (χ4v) is 2.47.